The molecule has 0 radical (unpaired) electrons. The smallest absolute Gasteiger partial charge is 0.239 e. The summed E-state index contributed by atoms with van der Waals surface area (Å²) in [5, 5.41) is 15.0. The number of rotatable bonds is 6. The maximum Gasteiger partial charge on any atom is 0.239 e. The zero-order valence-corrected chi connectivity index (χ0v) is 10.5. The third kappa shape index (κ3) is 5.14. The second-order valence-corrected chi connectivity index (χ2v) is 5.16. The zero-order chi connectivity index (χ0) is 12.1. The molecule has 0 aromatic rings. The van der Waals surface area contributed by atoms with Crippen molar-refractivity contribution in [1.29, 1.82) is 0 Å². The predicted octanol–water partition coefficient (Wildman–Crippen LogP) is 0.509. The van der Waals surface area contributed by atoms with E-state index < -0.39 is 5.54 Å². The number of aliphatic hydroxyl groups is 1. The molecule has 0 spiro atoms. The Kier molecular flexibility index (Phi) is 5.24. The minimum atomic E-state index is -0.555. The largest absolute Gasteiger partial charge is 0.396 e. The van der Waals surface area contributed by atoms with Crippen molar-refractivity contribution in [3.63, 3.8) is 0 Å². The van der Waals surface area contributed by atoms with E-state index in [1.807, 2.05) is 34.6 Å². The van der Waals surface area contributed by atoms with Crippen LogP contribution in [-0.4, -0.2) is 36.2 Å². The number of hydrogen-bond donors (Lipinski definition) is 3. The van der Waals surface area contributed by atoms with Crippen LogP contribution in [0.2, 0.25) is 0 Å². The Morgan fingerprint density at radius 1 is 1.27 bits per heavy atom. The van der Waals surface area contributed by atoms with Gasteiger partial charge < -0.3 is 15.7 Å². The first-order chi connectivity index (χ1) is 6.75. The molecule has 90 valence electrons. The van der Waals surface area contributed by atoms with Gasteiger partial charge in [0, 0.05) is 18.6 Å². The third-order valence-corrected chi connectivity index (χ3v) is 2.34. The van der Waals surface area contributed by atoms with Crippen LogP contribution in [0.25, 0.3) is 0 Å². The number of carbonyl (C=O) groups is 1. The van der Waals surface area contributed by atoms with Crippen molar-refractivity contribution in [3.8, 4) is 0 Å². The van der Waals surface area contributed by atoms with Crippen LogP contribution in [0.15, 0.2) is 0 Å². The van der Waals surface area contributed by atoms with Crippen LogP contribution >= 0.6 is 0 Å². The lowest BCUT2D eigenvalue weighted by molar-refractivity contribution is -0.127. The van der Waals surface area contributed by atoms with E-state index in [1.165, 1.54) is 0 Å². The van der Waals surface area contributed by atoms with Crippen LogP contribution in [0.1, 0.15) is 34.6 Å². The highest BCUT2D eigenvalue weighted by molar-refractivity contribution is 5.85. The van der Waals surface area contributed by atoms with Gasteiger partial charge in [-0.2, -0.15) is 0 Å². The molecule has 0 aromatic heterocycles. The minimum Gasteiger partial charge on any atom is -0.396 e. The lowest BCUT2D eigenvalue weighted by Crippen LogP contribution is -2.54. The average molecular weight is 216 g/mol. The van der Waals surface area contributed by atoms with Gasteiger partial charge in [0.2, 0.25) is 5.91 Å². The Labute approximate surface area is 92.4 Å². The maximum atomic E-state index is 11.8. The average Bonchev–Trinajstić information content (AvgIpc) is 2.14. The van der Waals surface area contributed by atoms with E-state index in [0.717, 1.165) is 6.54 Å². The number of hydrogen-bond acceptors (Lipinski definition) is 3. The Morgan fingerprint density at radius 2 is 1.80 bits per heavy atom. The summed E-state index contributed by atoms with van der Waals surface area (Å²) in [4.78, 5) is 11.8. The molecule has 0 unspecified atom stereocenters. The lowest BCUT2D eigenvalue weighted by Gasteiger charge is -2.28. The van der Waals surface area contributed by atoms with Gasteiger partial charge in [-0.1, -0.05) is 20.8 Å². The molecule has 0 aliphatic heterocycles. The quantitative estimate of drug-likeness (QED) is 0.606. The molecule has 0 aromatic carbocycles. The van der Waals surface area contributed by atoms with Gasteiger partial charge in [0.25, 0.3) is 0 Å². The standard InChI is InChI=1S/C11H24N2O2/c1-6-13-11(4,5)9(15)12-7-10(2,3)8-14/h13-14H,6-8H2,1-5H3,(H,12,15). The second-order valence-electron chi connectivity index (χ2n) is 5.16. The fraction of sp³-hybridized carbons (Fsp3) is 0.909. The van der Waals surface area contributed by atoms with E-state index >= 15 is 0 Å². The normalized spacial score (nSPS) is 12.7. The minimum absolute atomic E-state index is 0.0362. The molecule has 1 amide bonds. The molecular formula is C11H24N2O2. The summed E-state index contributed by atoms with van der Waals surface area (Å²) in [5.74, 6) is -0.0362. The molecular weight excluding hydrogens is 192 g/mol. The third-order valence-electron chi connectivity index (χ3n) is 2.34. The Bertz CT molecular complexity index is 213. The van der Waals surface area contributed by atoms with Crippen molar-refractivity contribution in [2.24, 2.45) is 5.41 Å². The first-order valence-electron chi connectivity index (χ1n) is 5.39. The lowest BCUT2D eigenvalue weighted by atomic mass is 9.94. The van der Waals surface area contributed by atoms with Crippen molar-refractivity contribution in [3.05, 3.63) is 0 Å². The van der Waals surface area contributed by atoms with Crippen LogP contribution in [0.5, 0.6) is 0 Å². The highest BCUT2D eigenvalue weighted by atomic mass is 16.3. The summed E-state index contributed by atoms with van der Waals surface area (Å²) >= 11 is 0. The first kappa shape index (κ1) is 14.4. The summed E-state index contributed by atoms with van der Waals surface area (Å²) < 4.78 is 0. The molecule has 3 N–H and O–H groups in total. The van der Waals surface area contributed by atoms with E-state index in [0.29, 0.717) is 6.54 Å². The van der Waals surface area contributed by atoms with E-state index in [2.05, 4.69) is 10.6 Å². The van der Waals surface area contributed by atoms with E-state index in [1.54, 1.807) is 0 Å². The van der Waals surface area contributed by atoms with Gasteiger partial charge in [0.05, 0.1) is 5.54 Å². The molecule has 0 heterocycles. The highest BCUT2D eigenvalue weighted by Gasteiger charge is 2.27. The molecule has 0 atom stereocenters. The summed E-state index contributed by atoms with van der Waals surface area (Å²) in [6.45, 7) is 10.8. The SMILES string of the molecule is CCNC(C)(C)C(=O)NCC(C)(C)CO. The van der Waals surface area contributed by atoms with Crippen molar-refractivity contribution in [2.45, 2.75) is 40.2 Å². The molecule has 0 saturated carbocycles. The topological polar surface area (TPSA) is 61.4 Å². The molecule has 0 aliphatic carbocycles. The van der Waals surface area contributed by atoms with Gasteiger partial charge in [-0.05, 0) is 20.4 Å². The Balaban J connectivity index is 4.14. The van der Waals surface area contributed by atoms with E-state index in [-0.39, 0.29) is 17.9 Å². The molecule has 0 aliphatic rings. The van der Waals surface area contributed by atoms with Crippen molar-refractivity contribution < 1.29 is 9.90 Å². The maximum absolute atomic E-state index is 11.8. The molecule has 4 nitrogen and oxygen atoms in total. The fourth-order valence-electron chi connectivity index (χ4n) is 1.12. The summed E-state index contributed by atoms with van der Waals surface area (Å²) in [7, 11) is 0. The monoisotopic (exact) mass is 216 g/mol. The molecule has 0 saturated heterocycles. The van der Waals surface area contributed by atoms with Gasteiger partial charge in [-0.3, -0.25) is 4.79 Å². The molecule has 15 heavy (non-hydrogen) atoms. The summed E-state index contributed by atoms with van der Waals surface area (Å²) in [6.07, 6.45) is 0. The van der Waals surface area contributed by atoms with E-state index in [4.69, 9.17) is 5.11 Å². The number of nitrogens with one attached hydrogen (secondary N) is 2. The molecule has 0 fully saturated rings. The van der Waals surface area contributed by atoms with Gasteiger partial charge in [-0.25, -0.2) is 0 Å². The van der Waals surface area contributed by atoms with Crippen molar-refractivity contribution in [1.82, 2.24) is 10.6 Å². The van der Waals surface area contributed by atoms with Crippen LogP contribution in [0.3, 0.4) is 0 Å². The summed E-state index contributed by atoms with van der Waals surface area (Å²) in [6, 6.07) is 0. The number of aliphatic hydroxyl groups excluding tert-OH is 1. The van der Waals surface area contributed by atoms with Gasteiger partial charge in [-0.15, -0.1) is 0 Å². The van der Waals surface area contributed by atoms with Crippen LogP contribution in [-0.2, 0) is 4.79 Å². The first-order valence-corrected chi connectivity index (χ1v) is 5.39. The number of likely N-dealkylation sites (N-methyl/N-ethyl adjacent to an activating group) is 1. The highest BCUT2D eigenvalue weighted by Crippen LogP contribution is 2.12. The van der Waals surface area contributed by atoms with Crippen LogP contribution in [0, 0.1) is 5.41 Å². The van der Waals surface area contributed by atoms with Crippen LogP contribution in [0.4, 0.5) is 0 Å². The fourth-order valence-corrected chi connectivity index (χ4v) is 1.12. The summed E-state index contributed by atoms with van der Waals surface area (Å²) in [5.41, 5.74) is -0.821. The molecule has 0 bridgehead atoms. The molecule has 0 rings (SSSR count). The predicted molar refractivity (Wildman–Crippen MR) is 61.6 cm³/mol. The zero-order valence-electron chi connectivity index (χ0n) is 10.5. The van der Waals surface area contributed by atoms with Gasteiger partial charge in [0.15, 0.2) is 0 Å². The van der Waals surface area contributed by atoms with Crippen molar-refractivity contribution in [2.75, 3.05) is 19.7 Å². The van der Waals surface area contributed by atoms with Gasteiger partial charge >= 0.3 is 0 Å². The van der Waals surface area contributed by atoms with Crippen LogP contribution < -0.4 is 10.6 Å². The van der Waals surface area contributed by atoms with Crippen molar-refractivity contribution >= 4 is 5.91 Å². The number of carbonyl (C=O) groups excluding carboxylic acids is 1. The Hall–Kier alpha value is -0.610. The van der Waals surface area contributed by atoms with Gasteiger partial charge in [0.1, 0.15) is 0 Å². The molecule has 4 heteroatoms. The van der Waals surface area contributed by atoms with E-state index in [9.17, 15) is 4.79 Å². The number of amides is 1. The second kappa shape index (κ2) is 5.47. The Morgan fingerprint density at radius 3 is 2.20 bits per heavy atom.